The van der Waals surface area contributed by atoms with Gasteiger partial charge >= 0.3 is 5.97 Å². The van der Waals surface area contributed by atoms with E-state index in [2.05, 4.69) is 111 Å². The first-order chi connectivity index (χ1) is 54.0. The highest BCUT2D eigenvalue weighted by Gasteiger charge is 2.23. The van der Waals surface area contributed by atoms with Crippen LogP contribution in [0.5, 0.6) is 0 Å². The van der Waals surface area contributed by atoms with E-state index < -0.39 is 51.7 Å². The summed E-state index contributed by atoms with van der Waals surface area (Å²) >= 11 is 0. The molecule has 674 valence electrons. The second kappa shape index (κ2) is 79.3. The molecule has 1 aromatic carbocycles. The van der Waals surface area contributed by atoms with Crippen molar-refractivity contribution in [3.05, 3.63) is 35.4 Å². The van der Waals surface area contributed by atoms with Crippen molar-refractivity contribution in [3.63, 3.8) is 0 Å². The Labute approximate surface area is 710 Å². The number of Topliss-reactive ketones (excluding diaryl/α,β-unsaturated/α-hetero) is 5. The zero-order chi connectivity index (χ0) is 86.5. The molecule has 114 heavy (non-hydrogen) atoms. The van der Waals surface area contributed by atoms with Crippen LogP contribution in [0.4, 0.5) is 0 Å². The molecule has 0 unspecified atom stereocenters. The summed E-state index contributed by atoms with van der Waals surface area (Å²) in [5, 5.41) is 0. The molecule has 0 spiro atoms. The Hall–Kier alpha value is -2.17. The van der Waals surface area contributed by atoms with Gasteiger partial charge in [0.1, 0.15) is 28.9 Å². The van der Waals surface area contributed by atoms with E-state index in [4.69, 9.17) is 31.4 Å². The number of carbonyl (C=O) groups excluding carboxylic acids is 6. The lowest BCUT2D eigenvalue weighted by Crippen LogP contribution is -2.27. The summed E-state index contributed by atoms with van der Waals surface area (Å²) in [4.78, 5) is 69.2. The molecule has 0 atom stereocenters. The van der Waals surface area contributed by atoms with E-state index >= 15 is 0 Å². The Kier molecular flexibility index (Phi) is 82.2. The van der Waals surface area contributed by atoms with Crippen molar-refractivity contribution in [2.24, 2.45) is 0 Å². The van der Waals surface area contributed by atoms with Gasteiger partial charge < -0.3 is 26.9 Å². The van der Waals surface area contributed by atoms with Crippen molar-refractivity contribution in [1.29, 1.82) is 0 Å². The van der Waals surface area contributed by atoms with Crippen LogP contribution in [0.15, 0.2) is 24.3 Å². The third-order valence-corrected chi connectivity index (χ3v) is 36.4. The van der Waals surface area contributed by atoms with Gasteiger partial charge in [0.25, 0.3) is 10.1 Å². The maximum absolute atomic E-state index is 12.0. The van der Waals surface area contributed by atoms with Gasteiger partial charge in [0.05, 0.1) is 18.8 Å². The van der Waals surface area contributed by atoms with Crippen LogP contribution in [0.2, 0.25) is 95.7 Å². The lowest BCUT2D eigenvalue weighted by molar-refractivity contribution is -0.144. The minimum Gasteiger partial charge on any atom is -0.466 e. The normalized spacial score (nSPS) is 11.9. The number of hydrogen-bond donors (Lipinski definition) is 1. The van der Waals surface area contributed by atoms with Gasteiger partial charge in [0, 0.05) is 99.8 Å². The number of ether oxygens (including phenoxy) is 1. The van der Waals surface area contributed by atoms with Gasteiger partial charge in [-0.3, -0.25) is 33.3 Å². The van der Waals surface area contributed by atoms with Crippen molar-refractivity contribution in [2.75, 3.05) is 47.9 Å². The smallest absolute Gasteiger partial charge is 0.306 e. The SMILES string of the molecule is CCCC(=O)CCCCCCCCCC[Si](C)(C)OC.CCCCC(=O)CCCCCCCCCC[Si](C)(C)OC.CCOC(=O)CCC(=O)CCCCCCCCCC[Si](C)(C)OC.CO[Si](C)(C)CCCCCCCCCCC(=O)CCCS(=O)(=O)O.CO[Si](C)(C)CCCCCCCCCCC(=O)Cc1ccc(C)cc1. The van der Waals surface area contributed by atoms with Crippen LogP contribution in [-0.4, -0.2) is 137 Å². The number of benzene rings is 1. The molecule has 0 bridgehead atoms. The summed E-state index contributed by atoms with van der Waals surface area (Å²) in [5.74, 6) is 1.02. The van der Waals surface area contributed by atoms with Gasteiger partial charge in [0.15, 0.2) is 41.6 Å². The quantitative estimate of drug-likeness (QED) is 0.0278. The number of aryl methyl sites for hydroxylation is 1. The average Bonchev–Trinajstić information content (AvgIpc) is 0.906. The molecule has 0 aliphatic carbocycles. The molecule has 0 heterocycles. The van der Waals surface area contributed by atoms with Gasteiger partial charge in [-0.05, 0) is 166 Å². The average molecular weight is 1720 g/mol. The highest BCUT2D eigenvalue weighted by molar-refractivity contribution is 7.85. The second-order valence-electron chi connectivity index (χ2n) is 35.9. The lowest BCUT2D eigenvalue weighted by atomic mass is 10.0. The van der Waals surface area contributed by atoms with E-state index in [1.165, 1.54) is 241 Å². The van der Waals surface area contributed by atoms with Gasteiger partial charge in [-0.25, -0.2) is 0 Å². The van der Waals surface area contributed by atoms with Gasteiger partial charge in [-0.15, -0.1) is 0 Å². The van der Waals surface area contributed by atoms with E-state index in [0.717, 1.165) is 108 Å². The van der Waals surface area contributed by atoms with Crippen LogP contribution in [0, 0.1) is 6.92 Å². The molecule has 1 N–H and O–H groups in total. The Morgan fingerprint density at radius 3 is 0.763 bits per heavy atom. The first-order valence-electron chi connectivity index (χ1n) is 46.5. The molecule has 0 aliphatic heterocycles. The summed E-state index contributed by atoms with van der Waals surface area (Å²) in [5.41, 5.74) is 2.40. The fraction of sp³-hybridized carbons (Fsp3) is 0.871. The second-order valence-corrected chi connectivity index (χ2v) is 59.6. The number of esters is 1. The molecule has 21 heteroatoms. The largest absolute Gasteiger partial charge is 0.466 e. The van der Waals surface area contributed by atoms with Crippen LogP contribution in [0.1, 0.15) is 379 Å². The van der Waals surface area contributed by atoms with Crippen LogP contribution >= 0.6 is 0 Å². The molecular formula is C93H186O15SSi5. The molecule has 0 saturated carbocycles. The minimum atomic E-state index is -3.93. The summed E-state index contributed by atoms with van der Waals surface area (Å²) in [6, 6.07) is 14.7. The van der Waals surface area contributed by atoms with Gasteiger partial charge in [-0.1, -0.05) is 275 Å². The summed E-state index contributed by atoms with van der Waals surface area (Å²) < 4.78 is 62.3. The lowest BCUT2D eigenvalue weighted by Gasteiger charge is -2.19. The van der Waals surface area contributed by atoms with E-state index in [0.29, 0.717) is 49.6 Å². The first kappa shape index (κ1) is 118. The summed E-state index contributed by atoms with van der Waals surface area (Å²) in [6.07, 6.45) is 60.1. The topological polar surface area (TPSA) is 212 Å². The van der Waals surface area contributed by atoms with Crippen LogP contribution < -0.4 is 0 Å². The van der Waals surface area contributed by atoms with Crippen molar-refractivity contribution >= 4 is 86.6 Å². The van der Waals surface area contributed by atoms with Crippen LogP contribution in [0.3, 0.4) is 0 Å². The molecule has 0 radical (unpaired) electrons. The third kappa shape index (κ3) is 92.1. The molecule has 1 rings (SSSR count). The molecule has 0 amide bonds. The predicted octanol–water partition coefficient (Wildman–Crippen LogP) is 28.1. The zero-order valence-electron chi connectivity index (χ0n) is 78.2. The van der Waals surface area contributed by atoms with Crippen molar-refractivity contribution in [2.45, 2.75) is 477 Å². The van der Waals surface area contributed by atoms with E-state index in [1.54, 1.807) is 6.92 Å². The highest BCUT2D eigenvalue weighted by Crippen LogP contribution is 2.24. The number of unbranched alkanes of at least 4 members (excludes halogenated alkanes) is 36. The number of ketones is 5. The van der Waals surface area contributed by atoms with E-state index in [1.807, 2.05) is 35.5 Å². The van der Waals surface area contributed by atoms with Crippen molar-refractivity contribution in [3.8, 4) is 0 Å². The Morgan fingerprint density at radius 1 is 0.289 bits per heavy atom. The molecule has 0 saturated heterocycles. The van der Waals surface area contributed by atoms with Crippen LogP contribution in [0.25, 0.3) is 0 Å². The molecule has 0 aromatic heterocycles. The van der Waals surface area contributed by atoms with E-state index in [9.17, 15) is 37.2 Å². The fourth-order valence-electron chi connectivity index (χ4n) is 13.3. The first-order valence-corrected chi connectivity index (χ1v) is 63.7. The molecule has 0 fully saturated rings. The van der Waals surface area contributed by atoms with Gasteiger partial charge in [0.2, 0.25) is 0 Å². The van der Waals surface area contributed by atoms with E-state index in [-0.39, 0.29) is 42.6 Å². The van der Waals surface area contributed by atoms with Crippen molar-refractivity contribution in [1.82, 2.24) is 0 Å². The predicted molar refractivity (Wildman–Crippen MR) is 500 cm³/mol. The monoisotopic (exact) mass is 1720 g/mol. The third-order valence-electron chi connectivity index (χ3n) is 22.3. The van der Waals surface area contributed by atoms with Crippen molar-refractivity contribution < 1.29 is 68.6 Å². The highest BCUT2D eigenvalue weighted by atomic mass is 32.2. The fourth-order valence-corrected chi connectivity index (χ4v) is 20.3. The number of carbonyl (C=O) groups is 6. The summed E-state index contributed by atoms with van der Waals surface area (Å²) in [7, 11) is -1.38. The number of rotatable bonds is 75. The standard InChI is InChI=1S/C22H38O2Si.C19H38O4Si.C18H38O2Si.C17H36O5SSi.C17H36O2Si/c1-20-14-16-21(17-15-20)19-22(23)13-11-9-7-5-6-8-10-12-18-25(3,4)24-2;1-5-23-19(21)16-15-18(20)14-12-10-8-6-7-9-11-13-17-24(3,4)22-2;1-5-6-15-18(19)16-13-11-9-7-8-10-12-14-17-21(3,4)20-2;1-22-24(2,3)16-11-9-7-5-4-6-8-10-13-17(18)14-12-15-23(19,20)21;1-5-14-17(18)15-12-10-8-6-7-9-11-13-16-20(3,4)19-2/h14-17H,5-13,18-19H2,1-4H3;5-17H2,1-4H3;5-17H2,1-4H3;4-16H2,1-3H3,(H,19,20,21);5-16H2,1-4H3. The van der Waals surface area contributed by atoms with Gasteiger partial charge in [-0.2, -0.15) is 8.42 Å². The van der Waals surface area contributed by atoms with Crippen LogP contribution in [-0.2, 0) is 72.2 Å². The molecule has 0 aliphatic rings. The Balaban J connectivity index is -0.000000665. The molecule has 15 nitrogen and oxygen atoms in total. The maximum atomic E-state index is 12.0. The summed E-state index contributed by atoms with van der Waals surface area (Å²) in [6.45, 7) is 31.3. The molecule has 1 aromatic rings. The maximum Gasteiger partial charge on any atom is 0.306 e. The Morgan fingerprint density at radius 2 is 0.518 bits per heavy atom. The number of hydrogen-bond acceptors (Lipinski definition) is 14. The zero-order valence-corrected chi connectivity index (χ0v) is 84.0. The minimum absolute atomic E-state index is 0.101. The molecular weight excluding hydrogens is 1530 g/mol. The Bertz CT molecular complexity index is 2530.